The summed E-state index contributed by atoms with van der Waals surface area (Å²) in [5.74, 6) is -0.178. The highest BCUT2D eigenvalue weighted by molar-refractivity contribution is 5.76. The molecular formula is C56H101NO5. The van der Waals surface area contributed by atoms with Gasteiger partial charge in [0.1, 0.15) is 0 Å². The van der Waals surface area contributed by atoms with E-state index in [-0.39, 0.29) is 18.5 Å². The van der Waals surface area contributed by atoms with E-state index in [1.807, 2.05) is 12.2 Å². The summed E-state index contributed by atoms with van der Waals surface area (Å²) in [7, 11) is 0. The van der Waals surface area contributed by atoms with Crippen molar-refractivity contribution in [1.29, 1.82) is 0 Å². The van der Waals surface area contributed by atoms with Crippen molar-refractivity contribution in [1.82, 2.24) is 5.32 Å². The van der Waals surface area contributed by atoms with Crippen LogP contribution < -0.4 is 5.32 Å². The molecule has 2 atom stereocenters. The van der Waals surface area contributed by atoms with Crippen LogP contribution in [0.1, 0.15) is 258 Å². The number of allylic oxidation sites excluding steroid dienone is 9. The average Bonchev–Trinajstić information content (AvgIpc) is 3.27. The molecule has 6 heteroatoms. The van der Waals surface area contributed by atoms with E-state index in [0.29, 0.717) is 25.9 Å². The Kier molecular flexibility index (Phi) is 49.2. The van der Waals surface area contributed by atoms with Crippen LogP contribution in [0.25, 0.3) is 0 Å². The first kappa shape index (κ1) is 59.6. The molecule has 0 aliphatic carbocycles. The summed E-state index contributed by atoms with van der Waals surface area (Å²) in [6.07, 6.45) is 65.2. The fourth-order valence-electron chi connectivity index (χ4n) is 7.65. The number of esters is 1. The van der Waals surface area contributed by atoms with E-state index in [2.05, 4.69) is 61.7 Å². The lowest BCUT2D eigenvalue weighted by Crippen LogP contribution is -2.45. The Bertz CT molecular complexity index is 1090. The number of ether oxygens (including phenoxy) is 1. The van der Waals surface area contributed by atoms with Gasteiger partial charge in [0, 0.05) is 12.8 Å². The van der Waals surface area contributed by atoms with Gasteiger partial charge in [0.25, 0.3) is 0 Å². The Labute approximate surface area is 384 Å². The second-order valence-corrected chi connectivity index (χ2v) is 17.8. The molecule has 3 N–H and O–H groups in total. The molecule has 0 rings (SSSR count). The van der Waals surface area contributed by atoms with Crippen molar-refractivity contribution >= 4 is 11.9 Å². The summed E-state index contributed by atoms with van der Waals surface area (Å²) in [5.41, 5.74) is 0. The zero-order chi connectivity index (χ0) is 45.1. The first-order valence-electron chi connectivity index (χ1n) is 26.6. The molecule has 0 aromatic carbocycles. The Morgan fingerprint density at radius 1 is 0.452 bits per heavy atom. The van der Waals surface area contributed by atoms with Crippen LogP contribution in [-0.4, -0.2) is 47.4 Å². The molecule has 0 heterocycles. The molecule has 62 heavy (non-hydrogen) atoms. The van der Waals surface area contributed by atoms with Crippen molar-refractivity contribution in [3.8, 4) is 0 Å². The number of amides is 1. The van der Waals surface area contributed by atoms with Crippen LogP contribution in [0.3, 0.4) is 0 Å². The van der Waals surface area contributed by atoms with Gasteiger partial charge in [-0.2, -0.15) is 0 Å². The molecule has 360 valence electrons. The molecule has 0 spiro atoms. The fourth-order valence-corrected chi connectivity index (χ4v) is 7.65. The van der Waals surface area contributed by atoms with Gasteiger partial charge in [0.15, 0.2) is 0 Å². The largest absolute Gasteiger partial charge is 0.466 e. The Morgan fingerprint density at radius 3 is 1.29 bits per heavy atom. The van der Waals surface area contributed by atoms with Crippen molar-refractivity contribution in [2.75, 3.05) is 13.2 Å². The van der Waals surface area contributed by atoms with Crippen LogP contribution in [0.5, 0.6) is 0 Å². The van der Waals surface area contributed by atoms with Gasteiger partial charge >= 0.3 is 5.97 Å². The SMILES string of the molecule is CCCCC/C=C\C/C=C\CCCCCCCCCC(=O)OCCCCCCCC/C=C\C/C=C\CCC(=O)NC(CO)C(O)/C=C/CCCCCCCCCCCCCCC. The topological polar surface area (TPSA) is 95.9 Å². The summed E-state index contributed by atoms with van der Waals surface area (Å²) in [4.78, 5) is 24.4. The number of unbranched alkanes of at least 4 members (excludes halogenated alkanes) is 29. The number of hydrogen-bond donors (Lipinski definition) is 3. The summed E-state index contributed by atoms with van der Waals surface area (Å²) >= 11 is 0. The Morgan fingerprint density at radius 2 is 0.823 bits per heavy atom. The molecule has 0 saturated heterocycles. The highest BCUT2D eigenvalue weighted by atomic mass is 16.5. The van der Waals surface area contributed by atoms with Crippen LogP contribution in [0.2, 0.25) is 0 Å². The van der Waals surface area contributed by atoms with Crippen molar-refractivity contribution < 1.29 is 24.5 Å². The first-order chi connectivity index (χ1) is 30.5. The highest BCUT2D eigenvalue weighted by Crippen LogP contribution is 2.15. The van der Waals surface area contributed by atoms with Crippen LogP contribution in [0.15, 0.2) is 60.8 Å². The van der Waals surface area contributed by atoms with E-state index in [1.54, 1.807) is 6.08 Å². The molecule has 0 fully saturated rings. The molecule has 0 radical (unpaired) electrons. The van der Waals surface area contributed by atoms with E-state index in [1.165, 1.54) is 167 Å². The van der Waals surface area contributed by atoms with Gasteiger partial charge in [-0.1, -0.05) is 222 Å². The third-order valence-corrected chi connectivity index (χ3v) is 11.8. The second kappa shape index (κ2) is 51.2. The van der Waals surface area contributed by atoms with Crippen molar-refractivity contribution in [2.24, 2.45) is 0 Å². The number of nitrogens with one attached hydrogen (secondary N) is 1. The predicted octanol–water partition coefficient (Wildman–Crippen LogP) is 16.0. The monoisotopic (exact) mass is 868 g/mol. The molecule has 0 aromatic rings. The Hall–Kier alpha value is -2.44. The second-order valence-electron chi connectivity index (χ2n) is 17.8. The normalized spacial score (nSPS) is 13.2. The maximum absolute atomic E-state index is 12.4. The third kappa shape index (κ3) is 47.0. The smallest absolute Gasteiger partial charge is 0.305 e. The zero-order valence-electron chi connectivity index (χ0n) is 40.8. The summed E-state index contributed by atoms with van der Waals surface area (Å²) in [5, 5.41) is 23.0. The summed E-state index contributed by atoms with van der Waals surface area (Å²) in [6.45, 7) is 4.80. The first-order valence-corrected chi connectivity index (χ1v) is 26.6. The van der Waals surface area contributed by atoms with E-state index in [9.17, 15) is 19.8 Å². The molecule has 6 nitrogen and oxygen atoms in total. The number of aliphatic hydroxyl groups is 2. The van der Waals surface area contributed by atoms with Crippen LogP contribution in [-0.2, 0) is 14.3 Å². The molecule has 1 amide bonds. The third-order valence-electron chi connectivity index (χ3n) is 11.8. The Balaban J connectivity index is 3.59. The molecule has 0 aliphatic rings. The van der Waals surface area contributed by atoms with Gasteiger partial charge in [-0.05, 0) is 83.5 Å². The zero-order valence-corrected chi connectivity index (χ0v) is 40.8. The average molecular weight is 868 g/mol. The molecule has 0 aromatic heterocycles. The minimum Gasteiger partial charge on any atom is -0.466 e. The van der Waals surface area contributed by atoms with Gasteiger partial charge in [0.05, 0.1) is 25.4 Å². The van der Waals surface area contributed by atoms with Crippen molar-refractivity contribution in [3.05, 3.63) is 60.8 Å². The van der Waals surface area contributed by atoms with Gasteiger partial charge < -0.3 is 20.3 Å². The van der Waals surface area contributed by atoms with E-state index in [0.717, 1.165) is 57.8 Å². The van der Waals surface area contributed by atoms with Crippen molar-refractivity contribution in [2.45, 2.75) is 270 Å². The van der Waals surface area contributed by atoms with Crippen molar-refractivity contribution in [3.63, 3.8) is 0 Å². The number of aliphatic hydroxyl groups excluding tert-OH is 2. The lowest BCUT2D eigenvalue weighted by Gasteiger charge is -2.19. The molecule has 2 unspecified atom stereocenters. The van der Waals surface area contributed by atoms with Gasteiger partial charge in [0.2, 0.25) is 5.91 Å². The quantitative estimate of drug-likeness (QED) is 0.0322. The minimum absolute atomic E-state index is 0.0273. The fraction of sp³-hybridized carbons (Fsp3) is 0.786. The van der Waals surface area contributed by atoms with Gasteiger partial charge in [-0.15, -0.1) is 0 Å². The molecular weight excluding hydrogens is 767 g/mol. The van der Waals surface area contributed by atoms with Crippen LogP contribution >= 0.6 is 0 Å². The minimum atomic E-state index is -0.880. The number of carbonyl (C=O) groups is 2. The van der Waals surface area contributed by atoms with E-state index >= 15 is 0 Å². The number of carbonyl (C=O) groups excluding carboxylic acids is 2. The van der Waals surface area contributed by atoms with Gasteiger partial charge in [-0.3, -0.25) is 9.59 Å². The predicted molar refractivity (Wildman–Crippen MR) is 268 cm³/mol. The lowest BCUT2D eigenvalue weighted by molar-refractivity contribution is -0.143. The van der Waals surface area contributed by atoms with Crippen LogP contribution in [0.4, 0.5) is 0 Å². The van der Waals surface area contributed by atoms with Gasteiger partial charge in [-0.25, -0.2) is 0 Å². The molecule has 0 bridgehead atoms. The molecule has 0 saturated carbocycles. The van der Waals surface area contributed by atoms with Crippen LogP contribution in [0, 0.1) is 0 Å². The van der Waals surface area contributed by atoms with E-state index < -0.39 is 12.1 Å². The standard InChI is InChI=1S/C56H101NO5/c1-3-5-7-9-11-13-15-17-19-20-22-26-30-34-38-42-46-50-56(61)62-51-47-43-39-35-31-27-23-25-29-33-37-41-45-49-55(60)57-53(52-58)54(59)48-44-40-36-32-28-24-21-18-16-14-12-10-8-6-4-2/h11,13,17,19,25,29,37,41,44,48,53-54,58-59H,3-10,12,14-16,18,20-24,26-28,30-36,38-40,42-43,45-47,49-52H2,1-2H3,(H,57,60)/b13-11-,19-17-,29-25-,41-37-,48-44+. The maximum atomic E-state index is 12.4. The summed E-state index contributed by atoms with van der Waals surface area (Å²) in [6, 6.07) is -0.673. The maximum Gasteiger partial charge on any atom is 0.305 e. The lowest BCUT2D eigenvalue weighted by atomic mass is 10.0. The number of rotatable bonds is 48. The summed E-state index contributed by atoms with van der Waals surface area (Å²) < 4.78 is 5.45. The highest BCUT2D eigenvalue weighted by Gasteiger charge is 2.17. The van der Waals surface area contributed by atoms with E-state index in [4.69, 9.17) is 4.74 Å². The number of hydrogen-bond acceptors (Lipinski definition) is 5. The molecule has 0 aliphatic heterocycles.